The van der Waals surface area contributed by atoms with Gasteiger partial charge in [-0.1, -0.05) is 11.6 Å². The molecule has 1 aliphatic rings. The van der Waals surface area contributed by atoms with Crippen LogP contribution >= 0.6 is 11.6 Å². The Morgan fingerprint density at radius 3 is 2.71 bits per heavy atom. The number of nitrogens with zero attached hydrogens (tertiary/aromatic N) is 4. The number of hydrogen-bond donors (Lipinski definition) is 1. The maximum absolute atomic E-state index is 13.2. The molecule has 188 valence electrons. The summed E-state index contributed by atoms with van der Waals surface area (Å²) in [6.45, 7) is 1.61. The van der Waals surface area contributed by atoms with Crippen molar-refractivity contribution in [1.29, 1.82) is 0 Å². The molecule has 1 aliphatic heterocycles. The molecule has 0 bridgehead atoms. The maximum Gasteiger partial charge on any atom is 0.278 e. The van der Waals surface area contributed by atoms with Crippen LogP contribution in [0.1, 0.15) is 37.2 Å². The van der Waals surface area contributed by atoms with Crippen molar-refractivity contribution >= 4 is 33.0 Å². The Bertz CT molecular complexity index is 1360. The first kappa shape index (κ1) is 25.0. The summed E-state index contributed by atoms with van der Waals surface area (Å²) in [7, 11) is -3.08. The Hall–Kier alpha value is -3.06. The van der Waals surface area contributed by atoms with Crippen LogP contribution < -0.4 is 14.8 Å². The first-order valence-corrected chi connectivity index (χ1v) is 12.7. The van der Waals surface area contributed by atoms with Gasteiger partial charge >= 0.3 is 0 Å². The summed E-state index contributed by atoms with van der Waals surface area (Å²) in [5.74, 6) is -3.69. The predicted molar refractivity (Wildman–Crippen MR) is 122 cm³/mol. The Morgan fingerprint density at radius 1 is 1.31 bits per heavy atom. The number of hydrogen-bond acceptors (Lipinski definition) is 8. The quantitative estimate of drug-likeness (QED) is 0.494. The first-order chi connectivity index (χ1) is 16.3. The minimum absolute atomic E-state index is 0.0114. The third kappa shape index (κ3) is 6.34. The molecule has 14 heteroatoms. The van der Waals surface area contributed by atoms with Crippen molar-refractivity contribution < 1.29 is 31.5 Å². The van der Waals surface area contributed by atoms with E-state index in [-0.39, 0.29) is 39.7 Å². The van der Waals surface area contributed by atoms with Crippen LogP contribution in [0.2, 0.25) is 5.02 Å². The molecule has 4 heterocycles. The number of nitrogens with one attached hydrogen (secondary N) is 1. The minimum Gasteiger partial charge on any atom is -0.482 e. The summed E-state index contributed by atoms with van der Waals surface area (Å²) in [6, 6.07) is 4.31. The van der Waals surface area contributed by atoms with E-state index in [4.69, 9.17) is 21.1 Å². The number of aromatic nitrogens is 4. The lowest BCUT2D eigenvalue weighted by molar-refractivity contribution is -0.0235. The smallest absolute Gasteiger partial charge is 0.278 e. The van der Waals surface area contributed by atoms with Crippen LogP contribution in [0.3, 0.4) is 0 Å². The molecular weight excluding hydrogens is 508 g/mol. The molecule has 1 saturated heterocycles. The summed E-state index contributed by atoms with van der Waals surface area (Å²) in [6.07, 6.45) is 3.29. The molecule has 3 aromatic rings. The number of amides is 1. The number of alkyl halides is 2. The third-order valence-corrected chi connectivity index (χ3v) is 7.20. The van der Waals surface area contributed by atoms with Gasteiger partial charge in [-0.05, 0) is 25.8 Å². The average molecular weight is 530 g/mol. The highest BCUT2D eigenvalue weighted by Gasteiger charge is 2.35. The second kappa shape index (κ2) is 9.19. The molecule has 35 heavy (non-hydrogen) atoms. The largest absolute Gasteiger partial charge is 0.482 e. The normalized spacial score (nSPS) is 17.2. The molecule has 0 aliphatic carbocycles. The van der Waals surface area contributed by atoms with Crippen LogP contribution in [0, 0.1) is 0 Å². The van der Waals surface area contributed by atoms with E-state index in [9.17, 15) is 22.0 Å². The Kier molecular flexibility index (Phi) is 6.58. The van der Waals surface area contributed by atoms with Gasteiger partial charge in [0.15, 0.2) is 18.0 Å². The van der Waals surface area contributed by atoms with Crippen molar-refractivity contribution in [3.05, 3.63) is 41.3 Å². The average Bonchev–Trinajstić information content (AvgIpc) is 3.19. The zero-order valence-electron chi connectivity index (χ0n) is 18.8. The number of carbonyl (C=O) groups is 1. The fourth-order valence-electron chi connectivity index (χ4n) is 3.37. The lowest BCUT2D eigenvalue weighted by Crippen LogP contribution is -2.51. The van der Waals surface area contributed by atoms with Gasteiger partial charge in [0.2, 0.25) is 5.88 Å². The van der Waals surface area contributed by atoms with Crippen molar-refractivity contribution in [1.82, 2.24) is 24.9 Å². The van der Waals surface area contributed by atoms with E-state index in [1.165, 1.54) is 29.0 Å². The predicted octanol–water partition coefficient (Wildman–Crippen LogP) is 3.30. The van der Waals surface area contributed by atoms with E-state index in [0.717, 1.165) is 0 Å². The fraction of sp³-hybridized carbons (Fsp3) is 0.429. The highest BCUT2D eigenvalue weighted by molar-refractivity contribution is 7.91. The third-order valence-electron chi connectivity index (χ3n) is 5.34. The van der Waals surface area contributed by atoms with Gasteiger partial charge < -0.3 is 14.8 Å². The number of carbonyl (C=O) groups excluding carboxylic acids is 1. The molecule has 0 radical (unpaired) electrons. The second-order valence-corrected chi connectivity index (χ2v) is 11.4. The lowest BCUT2D eigenvalue weighted by atomic mass is 9.95. The molecule has 0 atom stereocenters. The van der Waals surface area contributed by atoms with E-state index in [1.807, 2.05) is 0 Å². The number of halogens is 3. The molecule has 1 amide bonds. The van der Waals surface area contributed by atoms with Gasteiger partial charge in [0.05, 0.1) is 22.7 Å². The highest BCUT2D eigenvalue weighted by atomic mass is 35.5. The molecule has 0 saturated carbocycles. The van der Waals surface area contributed by atoms with Crippen molar-refractivity contribution in [2.45, 2.75) is 38.2 Å². The van der Waals surface area contributed by atoms with E-state index in [1.54, 1.807) is 13.0 Å². The van der Waals surface area contributed by atoms with Gasteiger partial charge in [-0.15, -0.1) is 5.10 Å². The number of sulfone groups is 1. The van der Waals surface area contributed by atoms with Gasteiger partial charge in [0, 0.05) is 30.8 Å². The molecule has 10 nitrogen and oxygen atoms in total. The fourth-order valence-corrected chi connectivity index (χ4v) is 5.25. The maximum atomic E-state index is 13.2. The van der Waals surface area contributed by atoms with Crippen LogP contribution in [0.4, 0.5) is 8.78 Å². The van der Waals surface area contributed by atoms with Gasteiger partial charge in [-0.25, -0.2) is 31.7 Å². The minimum atomic E-state index is -3.08. The molecule has 1 N–H and O–H groups in total. The number of imidazole rings is 1. The molecule has 4 rings (SSSR count). The van der Waals surface area contributed by atoms with Crippen molar-refractivity contribution in [2.75, 3.05) is 18.1 Å². The standard InChI is InChI=1S/C21H22ClF2N5O5S/c1-20(5-7-35(31,32)8-6-20)27-18(30)14-11-29-16(26-14)3-4-17(28-29)34-19-15(9-13(22)10-25-19)33-12-21(2,23)24/h3-4,9-11H,5-8,12H2,1-2H3,(H,27,30). The zero-order valence-corrected chi connectivity index (χ0v) is 20.4. The molecule has 0 aromatic carbocycles. The SMILES string of the molecule is CC(F)(F)COc1cc(Cl)cnc1Oc1ccc2nc(C(=O)NC3(C)CCS(=O)(=O)CC3)cn2n1. The van der Waals surface area contributed by atoms with E-state index in [0.29, 0.717) is 25.4 Å². The van der Waals surface area contributed by atoms with Gasteiger partial charge in [0.1, 0.15) is 15.5 Å². The number of ether oxygens (including phenoxy) is 2. The molecule has 3 aromatic heterocycles. The monoisotopic (exact) mass is 529 g/mol. The van der Waals surface area contributed by atoms with Gasteiger partial charge in [-0.3, -0.25) is 4.79 Å². The van der Waals surface area contributed by atoms with Crippen LogP contribution in [0.5, 0.6) is 17.5 Å². The Labute approximate surface area is 204 Å². The molecule has 1 fully saturated rings. The Morgan fingerprint density at radius 2 is 2.03 bits per heavy atom. The highest BCUT2D eigenvalue weighted by Crippen LogP contribution is 2.32. The van der Waals surface area contributed by atoms with Crippen LogP contribution in [-0.2, 0) is 9.84 Å². The summed E-state index contributed by atoms with van der Waals surface area (Å²) in [5, 5.41) is 7.26. The van der Waals surface area contributed by atoms with Crippen LogP contribution in [0.25, 0.3) is 5.65 Å². The summed E-state index contributed by atoms with van der Waals surface area (Å²) in [5.41, 5.74) is -0.223. The van der Waals surface area contributed by atoms with Gasteiger partial charge in [-0.2, -0.15) is 0 Å². The first-order valence-electron chi connectivity index (χ1n) is 10.5. The van der Waals surface area contributed by atoms with Crippen molar-refractivity contribution in [2.24, 2.45) is 0 Å². The lowest BCUT2D eigenvalue weighted by Gasteiger charge is -2.34. The zero-order chi connectivity index (χ0) is 25.4. The number of fused-ring (bicyclic) bond motifs is 1. The van der Waals surface area contributed by atoms with Crippen molar-refractivity contribution in [3.63, 3.8) is 0 Å². The van der Waals surface area contributed by atoms with Gasteiger partial charge in [0.25, 0.3) is 17.7 Å². The summed E-state index contributed by atoms with van der Waals surface area (Å²) >= 11 is 5.89. The van der Waals surface area contributed by atoms with Crippen LogP contribution in [0.15, 0.2) is 30.6 Å². The van der Waals surface area contributed by atoms with Crippen molar-refractivity contribution in [3.8, 4) is 17.5 Å². The molecular formula is C21H22ClF2N5O5S. The topological polar surface area (TPSA) is 125 Å². The molecule has 0 unspecified atom stereocenters. The second-order valence-electron chi connectivity index (χ2n) is 8.68. The van der Waals surface area contributed by atoms with E-state index >= 15 is 0 Å². The number of rotatable bonds is 7. The summed E-state index contributed by atoms with van der Waals surface area (Å²) in [4.78, 5) is 21.0. The molecule has 0 spiro atoms. The van der Waals surface area contributed by atoms with Crippen LogP contribution in [-0.4, -0.2) is 63.5 Å². The summed E-state index contributed by atoms with van der Waals surface area (Å²) < 4.78 is 61.8. The number of pyridine rings is 1. The van der Waals surface area contributed by atoms with E-state index in [2.05, 4.69) is 20.4 Å². The Balaban J connectivity index is 1.50. The van der Waals surface area contributed by atoms with E-state index < -0.39 is 33.8 Å².